The number of hydrogen-bond acceptors (Lipinski definition) is 0. The zero-order valence-corrected chi connectivity index (χ0v) is 12.0. The molecule has 0 fully saturated rings. The first-order valence-electron chi connectivity index (χ1n) is 5.32. The van der Waals surface area contributed by atoms with E-state index in [0.717, 1.165) is 0 Å². The van der Waals surface area contributed by atoms with Crippen molar-refractivity contribution in [1.82, 2.24) is 0 Å². The van der Waals surface area contributed by atoms with Gasteiger partial charge in [0.15, 0.2) is 0 Å². The van der Waals surface area contributed by atoms with E-state index in [2.05, 4.69) is 54.3 Å². The van der Waals surface area contributed by atoms with E-state index in [4.69, 9.17) is 6.78 Å². The monoisotopic (exact) mass is 244 g/mol. The van der Waals surface area contributed by atoms with Crippen molar-refractivity contribution in [3.63, 3.8) is 0 Å². The van der Waals surface area contributed by atoms with E-state index >= 15 is 0 Å². The van der Waals surface area contributed by atoms with Crippen LogP contribution in [-0.4, -0.2) is 6.72 Å². The van der Waals surface area contributed by atoms with Crippen LogP contribution < -0.4 is 0 Å². The van der Waals surface area contributed by atoms with Gasteiger partial charge in [0.1, 0.15) is 0 Å². The van der Waals surface area contributed by atoms with Crippen LogP contribution in [0.5, 0.6) is 0 Å². The maximum Gasteiger partial charge on any atom is 2.00 e. The van der Waals surface area contributed by atoms with Gasteiger partial charge in [0.25, 0.3) is 0 Å². The Balaban J connectivity index is 0. The first-order chi connectivity index (χ1) is 6.69. The summed E-state index contributed by atoms with van der Waals surface area (Å²) in [5, 5.41) is 6.75. The van der Waals surface area contributed by atoms with Crippen molar-refractivity contribution in [3.05, 3.63) is 28.7 Å². The van der Waals surface area contributed by atoms with Crippen LogP contribution in [0, 0.1) is 16.9 Å². The molecular weight excluding hydrogens is 221 g/mol. The summed E-state index contributed by atoms with van der Waals surface area (Å²) in [5.41, 5.74) is 2.49. The first-order valence-corrected chi connectivity index (χ1v) is 4.82. The van der Waals surface area contributed by atoms with Gasteiger partial charge in [-0.15, -0.1) is 5.41 Å². The van der Waals surface area contributed by atoms with Crippen LogP contribution in [0.3, 0.4) is 0 Å². The third-order valence-corrected chi connectivity index (χ3v) is 3.12. The number of nitrogens with zero attached hydrogens (tertiary/aromatic N) is 1. The molecule has 1 nitrogen and oxygen atoms in total. The molecule has 83 valence electrons. The normalized spacial score (nSPS) is 22.8. The summed E-state index contributed by atoms with van der Waals surface area (Å²) in [6, 6.07) is 0.626. The summed E-state index contributed by atoms with van der Waals surface area (Å²) in [6.07, 6.45) is 3.25. The fourth-order valence-corrected chi connectivity index (χ4v) is 1.44. The fraction of sp³-hybridized carbons (Fsp3) is 0.615. The van der Waals surface area contributed by atoms with Crippen molar-refractivity contribution in [3.8, 4) is 0 Å². The van der Waals surface area contributed by atoms with Gasteiger partial charge in [-0.2, -0.15) is 0 Å². The van der Waals surface area contributed by atoms with Crippen LogP contribution in [-0.2, 0) is 18.6 Å². The third kappa shape index (κ3) is 3.66. The molecule has 0 unspecified atom stereocenters. The Bertz CT molecular complexity index is 314. The zero-order chi connectivity index (χ0) is 12.4. The minimum absolute atomic E-state index is 0. The van der Waals surface area contributed by atoms with Crippen molar-refractivity contribution in [2.75, 3.05) is 0 Å². The van der Waals surface area contributed by atoms with Gasteiger partial charge < -0.3 is 11.5 Å². The summed E-state index contributed by atoms with van der Waals surface area (Å²) in [6.45, 7) is 15.0. The summed E-state index contributed by atoms with van der Waals surface area (Å²) in [5.74, 6) is 0. The molecule has 1 rings (SSSR count). The molecule has 1 radical (unpaired) electrons. The van der Waals surface area contributed by atoms with E-state index in [1.165, 1.54) is 11.1 Å². The second-order valence-corrected chi connectivity index (χ2v) is 4.75. The second kappa shape index (κ2) is 5.72. The van der Waals surface area contributed by atoms with Crippen LogP contribution >= 0.6 is 0 Å². The van der Waals surface area contributed by atoms with E-state index < -0.39 is 0 Å². The van der Waals surface area contributed by atoms with Crippen LogP contribution in [0.25, 0.3) is 5.41 Å². The Kier molecular flexibility index (Phi) is 5.62. The van der Waals surface area contributed by atoms with Crippen LogP contribution in [0.15, 0.2) is 17.2 Å². The molecule has 2 heteroatoms. The molecule has 1 aliphatic rings. The number of rotatable bonds is 0. The average Bonchev–Trinajstić information content (AvgIpc) is 2.16. The molecule has 0 aliphatic heterocycles. The Morgan fingerprint density at radius 3 is 2.00 bits per heavy atom. The standard InChI is InChI=1S/C12H19.CH2N.V/c1-9-10(2)12(5,6)8-7-11(9,3)4;1-2;/h7H,1-6H3;1H2;/q2*-1;+2/i7T;;. The summed E-state index contributed by atoms with van der Waals surface area (Å²) >= 11 is 0. The first kappa shape index (κ1) is 14.7. The summed E-state index contributed by atoms with van der Waals surface area (Å²) in [4.78, 5) is 0. The van der Waals surface area contributed by atoms with Gasteiger partial charge in [-0.05, 0) is 19.3 Å². The molecule has 0 amide bonds. The molecule has 0 saturated heterocycles. The van der Waals surface area contributed by atoms with E-state index in [1.54, 1.807) is 0 Å². The molecule has 0 aromatic rings. The van der Waals surface area contributed by atoms with Gasteiger partial charge in [0.2, 0.25) is 0 Å². The largest absolute Gasteiger partial charge is 2.00 e. The van der Waals surface area contributed by atoms with E-state index in [1.807, 2.05) is 0 Å². The van der Waals surface area contributed by atoms with Crippen molar-refractivity contribution in [1.29, 1.82) is 0 Å². The van der Waals surface area contributed by atoms with E-state index in [0.29, 0.717) is 6.05 Å². The molecule has 0 heterocycles. The Labute approximate surface area is 108 Å². The van der Waals surface area contributed by atoms with Crippen LogP contribution in [0.4, 0.5) is 0 Å². The molecule has 0 spiro atoms. The minimum atomic E-state index is -0.125. The third-order valence-electron chi connectivity index (χ3n) is 3.12. The topological polar surface area (TPSA) is 22.3 Å². The van der Waals surface area contributed by atoms with E-state index in [-0.39, 0.29) is 29.4 Å². The van der Waals surface area contributed by atoms with Crippen molar-refractivity contribution >= 4 is 6.72 Å². The van der Waals surface area contributed by atoms with Gasteiger partial charge in [0.05, 0.1) is 0 Å². The molecule has 0 atom stereocenters. The van der Waals surface area contributed by atoms with Gasteiger partial charge in [-0.25, -0.2) is 6.72 Å². The molecule has 1 aliphatic carbocycles. The van der Waals surface area contributed by atoms with Crippen LogP contribution in [0.1, 0.15) is 42.9 Å². The smallest absolute Gasteiger partial charge is 0.817 e. The van der Waals surface area contributed by atoms with Crippen molar-refractivity contribution < 1.29 is 19.9 Å². The second-order valence-electron chi connectivity index (χ2n) is 4.75. The molecule has 0 aromatic heterocycles. The molecule has 0 bridgehead atoms. The Hall–Kier alpha value is -0.266. The predicted molar refractivity (Wildman–Crippen MR) is 64.2 cm³/mol. The minimum Gasteiger partial charge on any atom is -0.817 e. The Morgan fingerprint density at radius 1 is 1.20 bits per heavy atom. The van der Waals surface area contributed by atoms with Crippen molar-refractivity contribution in [2.45, 2.75) is 41.5 Å². The summed E-state index contributed by atoms with van der Waals surface area (Å²) < 4.78 is 7.92. The fourth-order valence-electron chi connectivity index (χ4n) is 1.44. The quantitative estimate of drug-likeness (QED) is 0.349. The van der Waals surface area contributed by atoms with Gasteiger partial charge in [-0.1, -0.05) is 38.8 Å². The van der Waals surface area contributed by atoms with E-state index in [9.17, 15) is 0 Å². The molecule has 0 N–H and O–H groups in total. The Morgan fingerprint density at radius 2 is 1.60 bits per heavy atom. The molecule has 0 aromatic carbocycles. The van der Waals surface area contributed by atoms with Gasteiger partial charge >= 0.3 is 18.6 Å². The number of hydrogen-bond donors (Lipinski definition) is 0. The van der Waals surface area contributed by atoms with Gasteiger partial charge in [0, 0.05) is 1.37 Å². The van der Waals surface area contributed by atoms with Crippen molar-refractivity contribution in [2.24, 2.45) is 10.8 Å². The molecular formula is C13H21NV. The number of allylic oxidation sites excluding steroid dienone is 4. The maximum atomic E-state index is 7.92. The van der Waals surface area contributed by atoms with Crippen LogP contribution in [0.2, 0.25) is 0 Å². The zero-order valence-electron chi connectivity index (χ0n) is 11.6. The molecule has 15 heavy (non-hydrogen) atoms. The predicted octanol–water partition coefficient (Wildman–Crippen LogP) is 4.00. The van der Waals surface area contributed by atoms with Gasteiger partial charge in [-0.3, -0.25) is 6.05 Å². The SMILES string of the molecule is C=[N-].[3H]C1=[C-]C(C)(C)C(C)=C(C)C1(C)C.[V+2]. The summed E-state index contributed by atoms with van der Waals surface area (Å²) in [7, 11) is 0. The maximum absolute atomic E-state index is 7.92. The average molecular weight is 244 g/mol. The molecule has 0 saturated carbocycles.